The monoisotopic (exact) mass is 389 g/mol. The molecule has 1 N–H and O–H groups in total. The van der Waals surface area contributed by atoms with Crippen LogP contribution in [-0.2, 0) is 20.9 Å². The second kappa shape index (κ2) is 9.41. The normalized spacial score (nSPS) is 14.4. The molecular formula is C22H35N3O3. The highest BCUT2D eigenvalue weighted by Crippen LogP contribution is 2.30. The van der Waals surface area contributed by atoms with Gasteiger partial charge >= 0.3 is 0 Å². The summed E-state index contributed by atoms with van der Waals surface area (Å²) in [6, 6.07) is 5.92. The number of hydrogen-bond acceptors (Lipinski definition) is 4. The zero-order valence-corrected chi connectivity index (χ0v) is 18.2. The molecule has 1 aromatic rings. The number of benzene rings is 1. The highest BCUT2D eigenvalue weighted by Gasteiger charge is 2.28. The van der Waals surface area contributed by atoms with Gasteiger partial charge in [-0.05, 0) is 36.6 Å². The summed E-state index contributed by atoms with van der Waals surface area (Å²) < 4.78 is 5.21. The molecule has 0 atom stereocenters. The van der Waals surface area contributed by atoms with Crippen LogP contribution in [0.5, 0.6) is 0 Å². The van der Waals surface area contributed by atoms with E-state index in [1.165, 1.54) is 0 Å². The fourth-order valence-corrected chi connectivity index (χ4v) is 3.27. The summed E-state index contributed by atoms with van der Waals surface area (Å²) in [6.07, 6.45) is 3.07. The molecule has 2 amide bonds. The molecule has 1 saturated carbocycles. The predicted molar refractivity (Wildman–Crippen MR) is 113 cm³/mol. The molecule has 0 aromatic heterocycles. The van der Waals surface area contributed by atoms with Gasteiger partial charge < -0.3 is 19.9 Å². The third-order valence-corrected chi connectivity index (χ3v) is 5.16. The maximum absolute atomic E-state index is 12.9. The van der Waals surface area contributed by atoms with Crippen LogP contribution in [0.3, 0.4) is 0 Å². The number of amides is 2. The van der Waals surface area contributed by atoms with Gasteiger partial charge in [0.05, 0.1) is 6.61 Å². The van der Waals surface area contributed by atoms with Gasteiger partial charge in [-0.3, -0.25) is 9.59 Å². The van der Waals surface area contributed by atoms with Crippen molar-refractivity contribution >= 4 is 23.2 Å². The number of carbonyl (C=O) groups is 2. The van der Waals surface area contributed by atoms with Crippen molar-refractivity contribution in [2.45, 2.75) is 46.6 Å². The Morgan fingerprint density at radius 2 is 1.89 bits per heavy atom. The van der Waals surface area contributed by atoms with E-state index in [0.717, 1.165) is 36.2 Å². The first-order valence-electron chi connectivity index (χ1n) is 10.0. The van der Waals surface area contributed by atoms with Crippen molar-refractivity contribution in [2.75, 3.05) is 44.6 Å². The van der Waals surface area contributed by atoms with Crippen LogP contribution in [0, 0.1) is 11.3 Å². The summed E-state index contributed by atoms with van der Waals surface area (Å²) in [5.41, 5.74) is 2.35. The number of methoxy groups -OCH3 is 1. The number of anilines is 2. The number of ether oxygens (including phenoxy) is 1. The van der Waals surface area contributed by atoms with Crippen molar-refractivity contribution in [3.05, 3.63) is 23.8 Å². The molecule has 0 spiro atoms. The van der Waals surface area contributed by atoms with E-state index >= 15 is 0 Å². The molecule has 0 saturated heterocycles. The fraction of sp³-hybridized carbons (Fsp3) is 0.636. The van der Waals surface area contributed by atoms with Gasteiger partial charge in [0, 0.05) is 57.0 Å². The molecular weight excluding hydrogens is 354 g/mol. The maximum atomic E-state index is 12.9. The minimum Gasteiger partial charge on any atom is -0.383 e. The van der Waals surface area contributed by atoms with Crippen LogP contribution in [0.25, 0.3) is 0 Å². The smallest absolute Gasteiger partial charge is 0.228 e. The molecule has 156 valence electrons. The van der Waals surface area contributed by atoms with Crippen LogP contribution < -0.4 is 10.2 Å². The van der Waals surface area contributed by atoms with E-state index in [4.69, 9.17) is 4.74 Å². The van der Waals surface area contributed by atoms with Gasteiger partial charge in [0.2, 0.25) is 11.8 Å². The Morgan fingerprint density at radius 1 is 1.21 bits per heavy atom. The topological polar surface area (TPSA) is 61.9 Å². The van der Waals surface area contributed by atoms with E-state index in [0.29, 0.717) is 19.7 Å². The lowest BCUT2D eigenvalue weighted by Crippen LogP contribution is -2.41. The standard InChI is InChI=1S/C22H35N3O3/c1-22(2,3)21(27)25(12-13-28-6)15-17-14-18(10-11-19(17)24(4)5)23-20(26)16-8-7-9-16/h10-11,14,16H,7-9,12-13,15H2,1-6H3,(H,23,26). The van der Waals surface area contributed by atoms with Gasteiger partial charge in [0.15, 0.2) is 0 Å². The minimum absolute atomic E-state index is 0.0816. The molecule has 6 nitrogen and oxygen atoms in total. The SMILES string of the molecule is COCCN(Cc1cc(NC(=O)C2CCC2)ccc1N(C)C)C(=O)C(C)(C)C. The highest BCUT2D eigenvalue weighted by molar-refractivity contribution is 5.93. The molecule has 0 radical (unpaired) electrons. The molecule has 0 bridgehead atoms. The van der Waals surface area contributed by atoms with Crippen LogP contribution >= 0.6 is 0 Å². The fourth-order valence-electron chi connectivity index (χ4n) is 3.27. The van der Waals surface area contributed by atoms with Gasteiger partial charge in [-0.1, -0.05) is 27.2 Å². The van der Waals surface area contributed by atoms with Crippen molar-refractivity contribution in [3.63, 3.8) is 0 Å². The maximum Gasteiger partial charge on any atom is 0.228 e. The lowest BCUT2D eigenvalue weighted by atomic mass is 9.85. The molecule has 0 unspecified atom stereocenters. The Kier molecular flexibility index (Phi) is 7.47. The van der Waals surface area contributed by atoms with E-state index in [2.05, 4.69) is 5.32 Å². The van der Waals surface area contributed by atoms with E-state index in [1.54, 1.807) is 7.11 Å². The van der Waals surface area contributed by atoms with Gasteiger partial charge in [0.1, 0.15) is 0 Å². The average Bonchev–Trinajstić information content (AvgIpc) is 2.55. The molecule has 2 rings (SSSR count). The molecule has 1 aliphatic rings. The Morgan fingerprint density at radius 3 is 2.39 bits per heavy atom. The Balaban J connectivity index is 2.26. The van der Waals surface area contributed by atoms with Gasteiger partial charge in [-0.25, -0.2) is 0 Å². The first-order chi connectivity index (χ1) is 13.1. The molecule has 1 aromatic carbocycles. The first kappa shape index (κ1) is 22.2. The summed E-state index contributed by atoms with van der Waals surface area (Å²) in [6.45, 7) is 7.27. The molecule has 6 heteroatoms. The summed E-state index contributed by atoms with van der Waals surface area (Å²) >= 11 is 0. The van der Waals surface area contributed by atoms with Crippen molar-refractivity contribution in [1.82, 2.24) is 4.90 Å². The number of rotatable bonds is 8. The first-order valence-corrected chi connectivity index (χ1v) is 10.0. The lowest BCUT2D eigenvalue weighted by Gasteiger charge is -2.31. The van der Waals surface area contributed by atoms with E-state index in [1.807, 2.05) is 62.9 Å². The van der Waals surface area contributed by atoms with E-state index < -0.39 is 5.41 Å². The van der Waals surface area contributed by atoms with Crippen molar-refractivity contribution in [1.29, 1.82) is 0 Å². The summed E-state index contributed by atoms with van der Waals surface area (Å²) in [4.78, 5) is 29.1. The summed E-state index contributed by atoms with van der Waals surface area (Å²) in [7, 11) is 5.61. The molecule has 28 heavy (non-hydrogen) atoms. The van der Waals surface area contributed by atoms with Crippen LogP contribution in [-0.4, -0.2) is 51.1 Å². The van der Waals surface area contributed by atoms with E-state index in [-0.39, 0.29) is 17.7 Å². The molecule has 1 fully saturated rings. The average molecular weight is 390 g/mol. The van der Waals surface area contributed by atoms with Crippen LogP contribution in [0.2, 0.25) is 0 Å². The van der Waals surface area contributed by atoms with Crippen LogP contribution in [0.15, 0.2) is 18.2 Å². The zero-order chi connectivity index (χ0) is 20.9. The van der Waals surface area contributed by atoms with Gasteiger partial charge in [-0.15, -0.1) is 0 Å². The number of hydrogen-bond donors (Lipinski definition) is 1. The highest BCUT2D eigenvalue weighted by atomic mass is 16.5. The third kappa shape index (κ3) is 5.71. The molecule has 1 aliphatic carbocycles. The largest absolute Gasteiger partial charge is 0.383 e. The zero-order valence-electron chi connectivity index (χ0n) is 18.2. The van der Waals surface area contributed by atoms with Crippen LogP contribution in [0.4, 0.5) is 11.4 Å². The van der Waals surface area contributed by atoms with Gasteiger partial charge in [-0.2, -0.15) is 0 Å². The number of carbonyl (C=O) groups excluding carboxylic acids is 2. The lowest BCUT2D eigenvalue weighted by molar-refractivity contribution is -0.140. The second-order valence-corrected chi connectivity index (χ2v) is 8.82. The van der Waals surface area contributed by atoms with Crippen LogP contribution in [0.1, 0.15) is 45.6 Å². The third-order valence-electron chi connectivity index (χ3n) is 5.16. The predicted octanol–water partition coefficient (Wildman–Crippen LogP) is 3.51. The van der Waals surface area contributed by atoms with Gasteiger partial charge in [0.25, 0.3) is 0 Å². The molecule has 0 aliphatic heterocycles. The summed E-state index contributed by atoms with van der Waals surface area (Å²) in [5.74, 6) is 0.313. The number of nitrogens with zero attached hydrogens (tertiary/aromatic N) is 2. The Bertz CT molecular complexity index is 691. The molecule has 0 heterocycles. The van der Waals surface area contributed by atoms with Crippen molar-refractivity contribution in [2.24, 2.45) is 11.3 Å². The van der Waals surface area contributed by atoms with Crippen molar-refractivity contribution < 1.29 is 14.3 Å². The van der Waals surface area contributed by atoms with Crippen molar-refractivity contribution in [3.8, 4) is 0 Å². The quantitative estimate of drug-likeness (QED) is 0.739. The Labute approximate surface area is 169 Å². The number of nitrogens with one attached hydrogen (secondary N) is 1. The minimum atomic E-state index is -0.470. The Hall–Kier alpha value is -2.08. The van der Waals surface area contributed by atoms with E-state index in [9.17, 15) is 9.59 Å². The second-order valence-electron chi connectivity index (χ2n) is 8.82. The summed E-state index contributed by atoms with van der Waals surface area (Å²) in [5, 5.41) is 3.04.